The zero-order valence-corrected chi connectivity index (χ0v) is 9.03. The molecular weight excluding hydrogens is 236 g/mol. The number of carbonyl (C=O) groups is 1. The van der Waals surface area contributed by atoms with E-state index in [1.165, 1.54) is 0 Å². The van der Waals surface area contributed by atoms with Crippen LogP contribution >= 0.6 is 0 Å². The highest BCUT2D eigenvalue weighted by Crippen LogP contribution is 2.17. The number of anilines is 1. The Morgan fingerprint density at radius 1 is 1.62 bits per heavy atom. The van der Waals surface area contributed by atoms with Crippen molar-refractivity contribution < 1.29 is 22.7 Å². The molecule has 1 atom stereocenters. The maximum absolute atomic E-state index is 11.2. The largest absolute Gasteiger partial charge is 0.476 e. The first-order chi connectivity index (χ1) is 7.46. The maximum atomic E-state index is 11.2. The number of hydrogen-bond acceptors (Lipinski definition) is 6. The molecule has 88 valence electrons. The fourth-order valence-corrected chi connectivity index (χ4v) is 3.20. The van der Waals surface area contributed by atoms with Gasteiger partial charge in [0.2, 0.25) is 0 Å². The summed E-state index contributed by atoms with van der Waals surface area (Å²) in [6.07, 6.45) is 1.49. The summed E-state index contributed by atoms with van der Waals surface area (Å²) in [4.78, 5) is 14.2. The van der Waals surface area contributed by atoms with Gasteiger partial charge in [0.25, 0.3) is 6.01 Å². The first-order valence-corrected chi connectivity index (χ1v) is 6.44. The fourth-order valence-electron chi connectivity index (χ4n) is 1.52. The number of sulfone groups is 1. The molecule has 0 aromatic carbocycles. The summed E-state index contributed by atoms with van der Waals surface area (Å²) in [5.41, 5.74) is -0.205. The molecule has 1 saturated heterocycles. The number of oxazole rings is 1. The van der Waals surface area contributed by atoms with Crippen molar-refractivity contribution in [2.45, 2.75) is 12.5 Å². The van der Waals surface area contributed by atoms with Gasteiger partial charge in [0.15, 0.2) is 15.5 Å². The smallest absolute Gasteiger partial charge is 0.357 e. The highest BCUT2D eigenvalue weighted by atomic mass is 32.2. The molecule has 1 aliphatic heterocycles. The second-order valence-corrected chi connectivity index (χ2v) is 5.82. The SMILES string of the molecule is O=C(O)c1coc(NC2CCS(=O)(=O)C2)n1. The summed E-state index contributed by atoms with van der Waals surface area (Å²) in [5.74, 6) is -1.02. The monoisotopic (exact) mass is 246 g/mol. The zero-order valence-electron chi connectivity index (χ0n) is 8.21. The van der Waals surface area contributed by atoms with E-state index < -0.39 is 15.8 Å². The third-order valence-corrected chi connectivity index (χ3v) is 4.05. The number of hydrogen-bond donors (Lipinski definition) is 2. The summed E-state index contributed by atoms with van der Waals surface area (Å²) in [6.45, 7) is 0. The number of nitrogens with zero attached hydrogens (tertiary/aromatic N) is 1. The van der Waals surface area contributed by atoms with Crippen molar-refractivity contribution in [3.05, 3.63) is 12.0 Å². The van der Waals surface area contributed by atoms with Gasteiger partial charge in [-0.1, -0.05) is 0 Å². The molecule has 1 fully saturated rings. The molecule has 8 heteroatoms. The van der Waals surface area contributed by atoms with Gasteiger partial charge in [-0.05, 0) is 6.42 Å². The van der Waals surface area contributed by atoms with Crippen LogP contribution in [0.5, 0.6) is 0 Å². The average molecular weight is 246 g/mol. The fraction of sp³-hybridized carbons (Fsp3) is 0.500. The first kappa shape index (κ1) is 10.9. The molecule has 1 aliphatic rings. The second kappa shape index (κ2) is 3.78. The van der Waals surface area contributed by atoms with Crippen molar-refractivity contribution in [2.24, 2.45) is 0 Å². The third kappa shape index (κ3) is 2.32. The van der Waals surface area contributed by atoms with E-state index in [1.807, 2.05) is 0 Å². The summed E-state index contributed by atoms with van der Waals surface area (Å²) in [6, 6.07) is -0.218. The van der Waals surface area contributed by atoms with Crippen molar-refractivity contribution >= 4 is 21.8 Å². The van der Waals surface area contributed by atoms with E-state index in [1.54, 1.807) is 0 Å². The molecule has 7 nitrogen and oxygen atoms in total. The van der Waals surface area contributed by atoms with Crippen molar-refractivity contribution in [1.82, 2.24) is 4.98 Å². The molecule has 2 rings (SSSR count). The van der Waals surface area contributed by atoms with Crippen LogP contribution in [0.25, 0.3) is 0 Å². The van der Waals surface area contributed by atoms with Gasteiger partial charge in [0.1, 0.15) is 6.26 Å². The van der Waals surface area contributed by atoms with E-state index in [4.69, 9.17) is 9.52 Å². The van der Waals surface area contributed by atoms with Crippen LogP contribution in [0.15, 0.2) is 10.7 Å². The van der Waals surface area contributed by atoms with E-state index in [0.29, 0.717) is 6.42 Å². The highest BCUT2D eigenvalue weighted by Gasteiger charge is 2.28. The van der Waals surface area contributed by atoms with Gasteiger partial charge in [-0.15, -0.1) is 0 Å². The number of carboxylic acids is 1. The number of rotatable bonds is 3. The lowest BCUT2D eigenvalue weighted by Crippen LogP contribution is -2.20. The summed E-state index contributed by atoms with van der Waals surface area (Å²) in [5, 5.41) is 11.3. The van der Waals surface area contributed by atoms with Gasteiger partial charge in [0.05, 0.1) is 11.5 Å². The molecule has 0 bridgehead atoms. The Bertz CT molecular complexity index is 506. The van der Waals surface area contributed by atoms with Crippen LogP contribution in [0.4, 0.5) is 6.01 Å². The average Bonchev–Trinajstić information content (AvgIpc) is 2.73. The molecule has 1 unspecified atom stereocenters. The third-order valence-electron chi connectivity index (χ3n) is 2.28. The molecule has 1 aromatic heterocycles. The Hall–Kier alpha value is -1.57. The molecule has 0 spiro atoms. The molecule has 0 radical (unpaired) electrons. The Labute approximate surface area is 91.4 Å². The van der Waals surface area contributed by atoms with Gasteiger partial charge >= 0.3 is 5.97 Å². The van der Waals surface area contributed by atoms with Gasteiger partial charge in [-0.2, -0.15) is 4.98 Å². The molecule has 0 amide bonds. The lowest BCUT2D eigenvalue weighted by molar-refractivity contribution is 0.0690. The summed E-state index contributed by atoms with van der Waals surface area (Å²) >= 11 is 0. The normalized spacial score (nSPS) is 23.1. The lowest BCUT2D eigenvalue weighted by atomic mass is 10.3. The Kier molecular flexibility index (Phi) is 2.58. The minimum absolute atomic E-state index is 0.0256. The molecular formula is C8H10N2O5S. The number of carboxylic acid groups (broad SMARTS) is 1. The number of aromatic nitrogens is 1. The predicted octanol–water partition coefficient (Wildman–Crippen LogP) is -0.0282. The molecule has 2 N–H and O–H groups in total. The molecule has 1 aromatic rings. The summed E-state index contributed by atoms with van der Waals surface area (Å²) in [7, 11) is -2.97. The van der Waals surface area contributed by atoms with Crippen LogP contribution in [0, 0.1) is 0 Å². The minimum Gasteiger partial charge on any atom is -0.476 e. The number of nitrogens with one attached hydrogen (secondary N) is 1. The Balaban J connectivity index is 2.02. The van der Waals surface area contributed by atoms with Gasteiger partial charge in [-0.25, -0.2) is 13.2 Å². The Morgan fingerprint density at radius 3 is 2.88 bits per heavy atom. The topological polar surface area (TPSA) is 109 Å². The molecule has 16 heavy (non-hydrogen) atoms. The van der Waals surface area contributed by atoms with E-state index in [2.05, 4.69) is 10.3 Å². The lowest BCUT2D eigenvalue weighted by Gasteiger charge is -2.06. The van der Waals surface area contributed by atoms with Crippen LogP contribution < -0.4 is 5.32 Å². The van der Waals surface area contributed by atoms with Gasteiger partial charge < -0.3 is 14.8 Å². The first-order valence-electron chi connectivity index (χ1n) is 4.62. The molecule has 0 saturated carbocycles. The quantitative estimate of drug-likeness (QED) is 0.770. The van der Waals surface area contributed by atoms with Crippen molar-refractivity contribution in [2.75, 3.05) is 16.8 Å². The standard InChI is InChI=1S/C8H10N2O5S/c11-7(12)6-3-15-8(10-6)9-5-1-2-16(13,14)4-5/h3,5H,1-2,4H2,(H,9,10)(H,11,12). The maximum Gasteiger partial charge on any atom is 0.357 e. The zero-order chi connectivity index (χ0) is 11.8. The number of aromatic carboxylic acids is 1. The van der Waals surface area contributed by atoms with Crippen LogP contribution in [0.2, 0.25) is 0 Å². The predicted molar refractivity (Wildman–Crippen MR) is 54.1 cm³/mol. The molecule has 0 aliphatic carbocycles. The van der Waals surface area contributed by atoms with Crippen LogP contribution in [-0.4, -0.2) is 42.0 Å². The second-order valence-electron chi connectivity index (χ2n) is 3.59. The van der Waals surface area contributed by atoms with E-state index in [-0.39, 0.29) is 29.3 Å². The van der Waals surface area contributed by atoms with Crippen molar-refractivity contribution in [3.63, 3.8) is 0 Å². The summed E-state index contributed by atoms with van der Waals surface area (Å²) < 4.78 is 27.2. The highest BCUT2D eigenvalue weighted by molar-refractivity contribution is 7.91. The minimum atomic E-state index is -2.97. The van der Waals surface area contributed by atoms with Crippen LogP contribution in [0.1, 0.15) is 16.9 Å². The van der Waals surface area contributed by atoms with E-state index >= 15 is 0 Å². The Morgan fingerprint density at radius 2 is 2.38 bits per heavy atom. The van der Waals surface area contributed by atoms with Crippen LogP contribution in [0.3, 0.4) is 0 Å². The van der Waals surface area contributed by atoms with E-state index in [9.17, 15) is 13.2 Å². The molecule has 2 heterocycles. The van der Waals surface area contributed by atoms with E-state index in [0.717, 1.165) is 6.26 Å². The van der Waals surface area contributed by atoms with Crippen molar-refractivity contribution in [3.8, 4) is 0 Å². The van der Waals surface area contributed by atoms with Gasteiger partial charge in [0, 0.05) is 6.04 Å². The van der Waals surface area contributed by atoms with Crippen molar-refractivity contribution in [1.29, 1.82) is 0 Å². The van der Waals surface area contributed by atoms with Crippen LogP contribution in [-0.2, 0) is 9.84 Å². The van der Waals surface area contributed by atoms with Gasteiger partial charge in [-0.3, -0.25) is 0 Å².